The first-order valence-electron chi connectivity index (χ1n) is 16.5. The first-order chi connectivity index (χ1) is 23.3. The molecule has 256 valence electrons. The van der Waals surface area contributed by atoms with Gasteiger partial charge in [0.05, 0.1) is 11.3 Å². The van der Waals surface area contributed by atoms with Gasteiger partial charge in [-0.15, -0.1) is 29.7 Å². The van der Waals surface area contributed by atoms with Crippen molar-refractivity contribution in [2.75, 3.05) is 0 Å². The Labute approximate surface area is 306 Å². The molecule has 0 spiro atoms. The van der Waals surface area contributed by atoms with E-state index in [4.69, 9.17) is 4.74 Å². The molecule has 0 aliphatic carbocycles. The molecule has 7 rings (SSSR count). The fourth-order valence-electron chi connectivity index (χ4n) is 6.23. The van der Waals surface area contributed by atoms with Crippen LogP contribution in [0.15, 0.2) is 91.1 Å². The summed E-state index contributed by atoms with van der Waals surface area (Å²) in [6.07, 6.45) is 2.69. The normalized spacial score (nSPS) is 12.0. The number of hydrogen-bond acceptors (Lipinski definition) is 3. The molecule has 5 nitrogen and oxygen atoms in total. The maximum atomic E-state index is 16.5. The summed E-state index contributed by atoms with van der Waals surface area (Å²) in [5.41, 5.74) is 5.24. The molecule has 0 fully saturated rings. The Balaban J connectivity index is 0.00000432. The van der Waals surface area contributed by atoms with E-state index in [0.29, 0.717) is 22.6 Å². The van der Waals surface area contributed by atoms with Crippen molar-refractivity contribution in [1.82, 2.24) is 19.3 Å². The number of hydrogen-bond donors (Lipinski definition) is 0. The van der Waals surface area contributed by atoms with Gasteiger partial charge in [0.15, 0.2) is 0 Å². The van der Waals surface area contributed by atoms with Crippen LogP contribution < -0.4 is 4.74 Å². The zero-order valence-corrected chi connectivity index (χ0v) is 31.4. The summed E-state index contributed by atoms with van der Waals surface area (Å²) >= 11 is 0. The molecule has 7 aromatic rings. The van der Waals surface area contributed by atoms with Crippen molar-refractivity contribution in [3.8, 4) is 34.1 Å². The third-order valence-electron chi connectivity index (χ3n) is 8.83. The summed E-state index contributed by atoms with van der Waals surface area (Å²) in [6, 6.07) is 32.7. The minimum absolute atomic E-state index is 0. The third kappa shape index (κ3) is 6.52. The third-order valence-corrected chi connectivity index (χ3v) is 8.83. The Morgan fingerprint density at radius 3 is 2.22 bits per heavy atom. The maximum absolute atomic E-state index is 16.5. The molecule has 0 aliphatic rings. The van der Waals surface area contributed by atoms with Crippen molar-refractivity contribution in [1.29, 1.82) is 0 Å². The van der Waals surface area contributed by atoms with Gasteiger partial charge in [0.1, 0.15) is 5.82 Å². The molecule has 50 heavy (non-hydrogen) atoms. The van der Waals surface area contributed by atoms with Gasteiger partial charge >= 0.3 is 21.1 Å². The molecule has 3 heterocycles. The van der Waals surface area contributed by atoms with Gasteiger partial charge in [-0.1, -0.05) is 103 Å². The van der Waals surface area contributed by atoms with Crippen molar-refractivity contribution < 1.29 is 34.6 Å². The summed E-state index contributed by atoms with van der Waals surface area (Å²) in [4.78, 5) is 4.67. The first kappa shape index (κ1) is 35.2. The van der Waals surface area contributed by atoms with Gasteiger partial charge in [-0.05, 0) is 57.8 Å². The molecule has 0 bridgehead atoms. The fraction of sp³-hybridized carbons (Fsp3) is 0.238. The minimum Gasteiger partial charge on any atom is -0.509 e. The minimum atomic E-state index is -0.609. The molecule has 0 atom stereocenters. The van der Waals surface area contributed by atoms with Crippen LogP contribution in [-0.4, -0.2) is 19.3 Å². The van der Waals surface area contributed by atoms with Crippen LogP contribution in [-0.2, 0) is 38.3 Å². The summed E-state index contributed by atoms with van der Waals surface area (Å²) in [5, 5.41) is 6.71. The SMILES string of the molecule is CCc1ccnc(-n2c3[c-]c(Oc4[c-]c(-n5nc(C(C)(C)C)c(-c6ccc(C(C)(C)C)cc6)c5F)cc(F)c4)ccc3c3ccccc32)c1.[Pt+2]. The van der Waals surface area contributed by atoms with Gasteiger partial charge in [-0.2, -0.15) is 15.6 Å². The number of benzene rings is 4. The van der Waals surface area contributed by atoms with Crippen LogP contribution in [0.2, 0.25) is 0 Å². The zero-order valence-electron chi connectivity index (χ0n) is 29.1. The van der Waals surface area contributed by atoms with E-state index in [1.165, 1.54) is 12.1 Å². The first-order valence-corrected chi connectivity index (χ1v) is 16.5. The van der Waals surface area contributed by atoms with Gasteiger partial charge < -0.3 is 9.30 Å². The molecule has 0 radical (unpaired) electrons. The Kier molecular flexibility index (Phi) is 9.34. The van der Waals surface area contributed by atoms with Crippen LogP contribution in [0.25, 0.3) is 44.4 Å². The Bertz CT molecular complexity index is 2340. The van der Waals surface area contributed by atoms with Gasteiger partial charge in [0.2, 0.25) is 5.95 Å². The Morgan fingerprint density at radius 1 is 0.780 bits per heavy atom. The second-order valence-electron chi connectivity index (χ2n) is 14.5. The molecule has 0 amide bonds. The van der Waals surface area contributed by atoms with Crippen LogP contribution in [0, 0.1) is 23.9 Å². The zero-order chi connectivity index (χ0) is 34.7. The Morgan fingerprint density at radius 2 is 1.52 bits per heavy atom. The van der Waals surface area contributed by atoms with Crippen molar-refractivity contribution in [3.63, 3.8) is 0 Å². The number of pyridine rings is 1. The average Bonchev–Trinajstić information content (AvgIpc) is 3.59. The number of rotatable bonds is 6. The number of aryl methyl sites for hydroxylation is 1. The van der Waals surface area contributed by atoms with Gasteiger partial charge in [-0.3, -0.25) is 0 Å². The van der Waals surface area contributed by atoms with E-state index in [1.807, 2.05) is 81.6 Å². The molecule has 0 aliphatic heterocycles. The van der Waals surface area contributed by atoms with E-state index in [0.717, 1.165) is 49.9 Å². The molecule has 0 saturated heterocycles. The van der Waals surface area contributed by atoms with Crippen LogP contribution in [0.1, 0.15) is 65.3 Å². The summed E-state index contributed by atoms with van der Waals surface area (Å²) in [5.74, 6) is -0.0100. The van der Waals surface area contributed by atoms with E-state index in [2.05, 4.69) is 66.6 Å². The predicted molar refractivity (Wildman–Crippen MR) is 192 cm³/mol. The van der Waals surface area contributed by atoms with Crippen LogP contribution in [0.5, 0.6) is 11.5 Å². The molecular weight excluding hydrogens is 810 g/mol. The standard InChI is InChI=1S/C42H38F2N4O.Pt/c1-8-26-19-20-45-37(21-26)47-35-12-10-9-11-33(35)34-18-17-31(25-36(34)47)49-32-23-29(43)22-30(24-32)48-40(44)38(39(46-48)42(5,6)7)27-13-15-28(16-14-27)41(2,3)4;/h9-23H,8H2,1-7H3;/q-2;+2. The monoisotopic (exact) mass is 847 g/mol. The molecule has 0 N–H and O–H groups in total. The second-order valence-corrected chi connectivity index (χ2v) is 14.5. The Hall–Kier alpha value is -4.61. The van der Waals surface area contributed by atoms with Gasteiger partial charge in [0, 0.05) is 34.4 Å². The molecule has 3 aromatic heterocycles. The number of ether oxygens (including phenoxy) is 1. The number of nitrogens with zero attached hydrogens (tertiary/aromatic N) is 4. The number of halogens is 2. The van der Waals surface area contributed by atoms with Crippen molar-refractivity contribution >= 4 is 21.8 Å². The van der Waals surface area contributed by atoms with E-state index < -0.39 is 17.2 Å². The van der Waals surface area contributed by atoms with Crippen LogP contribution >= 0.6 is 0 Å². The second kappa shape index (κ2) is 13.3. The topological polar surface area (TPSA) is 44.9 Å². The van der Waals surface area contributed by atoms with Crippen LogP contribution in [0.3, 0.4) is 0 Å². The summed E-state index contributed by atoms with van der Waals surface area (Å²) in [7, 11) is 0. The van der Waals surface area contributed by atoms with Crippen molar-refractivity contribution in [2.24, 2.45) is 0 Å². The van der Waals surface area contributed by atoms with E-state index >= 15 is 8.78 Å². The quantitative estimate of drug-likeness (QED) is 0.157. The number of para-hydroxylation sites is 1. The molecular formula is C42H38F2N4OPt. The van der Waals surface area contributed by atoms with Gasteiger partial charge in [-0.25, -0.2) is 14.1 Å². The average molecular weight is 848 g/mol. The fourth-order valence-corrected chi connectivity index (χ4v) is 6.23. The van der Waals surface area contributed by atoms with E-state index in [9.17, 15) is 0 Å². The van der Waals surface area contributed by atoms with Crippen molar-refractivity contribution in [3.05, 3.63) is 132 Å². The predicted octanol–water partition coefficient (Wildman–Crippen LogP) is 10.9. The smallest absolute Gasteiger partial charge is 0.509 e. The summed E-state index contributed by atoms with van der Waals surface area (Å²) in [6.45, 7) is 14.5. The maximum Gasteiger partial charge on any atom is 2.00 e. The van der Waals surface area contributed by atoms with Gasteiger partial charge in [0.25, 0.3) is 0 Å². The van der Waals surface area contributed by atoms with E-state index in [1.54, 1.807) is 6.07 Å². The van der Waals surface area contributed by atoms with Crippen LogP contribution in [0.4, 0.5) is 8.78 Å². The number of fused-ring (bicyclic) bond motifs is 3. The largest absolute Gasteiger partial charge is 2.00 e. The summed E-state index contributed by atoms with van der Waals surface area (Å²) < 4.78 is 41.0. The molecule has 0 unspecified atom stereocenters. The molecule has 4 aromatic carbocycles. The molecule has 0 saturated carbocycles. The molecule has 8 heteroatoms. The van der Waals surface area contributed by atoms with Crippen molar-refractivity contribution in [2.45, 2.75) is 65.7 Å². The number of aromatic nitrogens is 4. The van der Waals surface area contributed by atoms with E-state index in [-0.39, 0.29) is 37.9 Å².